The molecule has 0 fully saturated rings. The lowest BCUT2D eigenvalue weighted by molar-refractivity contribution is 0.667. The zero-order valence-corrected chi connectivity index (χ0v) is 17.5. The summed E-state index contributed by atoms with van der Waals surface area (Å²) >= 11 is 6.80. The Bertz CT molecular complexity index is 866. The van der Waals surface area contributed by atoms with Crippen LogP contribution in [0, 0.1) is 6.92 Å². The van der Waals surface area contributed by atoms with Gasteiger partial charge in [-0.15, -0.1) is 21.5 Å². The van der Waals surface area contributed by atoms with Gasteiger partial charge >= 0.3 is 0 Å². The molecule has 0 radical (unpaired) electrons. The fraction of sp³-hybridized carbons (Fsp3) is 0.278. The molecule has 0 amide bonds. The first-order chi connectivity index (χ1) is 12.0. The lowest BCUT2D eigenvalue weighted by Crippen LogP contribution is -2.02. The van der Waals surface area contributed by atoms with Crippen LogP contribution in [0.1, 0.15) is 41.6 Å². The Kier molecular flexibility index (Phi) is 6.09. The van der Waals surface area contributed by atoms with Crippen molar-refractivity contribution in [2.24, 2.45) is 5.10 Å². The maximum absolute atomic E-state index is 4.67. The highest BCUT2D eigenvalue weighted by molar-refractivity contribution is 9.10. The van der Waals surface area contributed by atoms with Crippen LogP contribution in [-0.2, 0) is 5.75 Å². The summed E-state index contributed by atoms with van der Waals surface area (Å²) in [5, 5.41) is 16.2. The van der Waals surface area contributed by atoms with Crippen LogP contribution in [0.5, 0.6) is 0 Å². The number of aryl methyl sites for hydroxylation is 1. The Hall–Kier alpha value is -1.44. The van der Waals surface area contributed by atoms with Crippen LogP contribution >= 0.6 is 39.0 Å². The van der Waals surface area contributed by atoms with Gasteiger partial charge in [0.05, 0.1) is 11.1 Å². The van der Waals surface area contributed by atoms with Crippen molar-refractivity contribution in [3.05, 3.63) is 62.0 Å². The van der Waals surface area contributed by atoms with Gasteiger partial charge in [-0.1, -0.05) is 53.7 Å². The molecule has 0 aliphatic rings. The van der Waals surface area contributed by atoms with E-state index in [1.165, 1.54) is 11.1 Å². The lowest BCUT2D eigenvalue weighted by atomic mass is 10.2. The monoisotopic (exact) mass is 434 g/mol. The number of benzene rings is 1. The van der Waals surface area contributed by atoms with Crippen molar-refractivity contribution in [3.63, 3.8) is 0 Å². The first-order valence-electron chi connectivity index (χ1n) is 7.95. The summed E-state index contributed by atoms with van der Waals surface area (Å²) in [7, 11) is 0. The summed E-state index contributed by atoms with van der Waals surface area (Å²) in [6.07, 6.45) is 1.90. The molecule has 0 bridgehead atoms. The van der Waals surface area contributed by atoms with Crippen LogP contribution in [0.15, 0.2) is 50.4 Å². The number of hydrogen-bond acceptors (Lipinski definition) is 5. The molecule has 25 heavy (non-hydrogen) atoms. The standard InChI is InChI=1S/C18H19BrN4S2/c1-12(2)17-21-22-18(25-11-14-4-6-15(19)7-5-14)23(17)20-10-16-13(3)8-9-24-16/h4-10,12H,11H2,1-3H3/b20-10+. The number of hydrogen-bond donors (Lipinski definition) is 0. The molecule has 3 rings (SSSR count). The number of aromatic nitrogens is 3. The van der Waals surface area contributed by atoms with Crippen molar-refractivity contribution in [1.29, 1.82) is 0 Å². The summed E-state index contributed by atoms with van der Waals surface area (Å²) < 4.78 is 2.95. The van der Waals surface area contributed by atoms with Crippen LogP contribution < -0.4 is 0 Å². The maximum atomic E-state index is 4.67. The third-order valence-electron chi connectivity index (χ3n) is 3.63. The van der Waals surface area contributed by atoms with E-state index in [2.05, 4.69) is 87.7 Å². The second kappa shape index (κ2) is 8.29. The summed E-state index contributed by atoms with van der Waals surface area (Å²) in [4.78, 5) is 1.16. The SMILES string of the molecule is Cc1ccsc1/C=N/n1c(SCc2ccc(Br)cc2)nnc1C(C)C. The van der Waals surface area contributed by atoms with Gasteiger partial charge in [0.25, 0.3) is 0 Å². The van der Waals surface area contributed by atoms with E-state index in [-0.39, 0.29) is 5.92 Å². The Labute approximate surface area is 164 Å². The van der Waals surface area contributed by atoms with E-state index in [0.717, 1.165) is 26.1 Å². The van der Waals surface area contributed by atoms with Gasteiger partial charge in [0.1, 0.15) is 0 Å². The van der Waals surface area contributed by atoms with Gasteiger partial charge in [-0.2, -0.15) is 9.78 Å². The Morgan fingerprint density at radius 1 is 1.24 bits per heavy atom. The maximum Gasteiger partial charge on any atom is 0.212 e. The number of rotatable bonds is 6. The molecular weight excluding hydrogens is 416 g/mol. The Morgan fingerprint density at radius 3 is 2.64 bits per heavy atom. The second-order valence-electron chi connectivity index (χ2n) is 5.93. The minimum atomic E-state index is 0.260. The van der Waals surface area contributed by atoms with Gasteiger partial charge in [0, 0.05) is 16.1 Å². The molecule has 3 aromatic rings. The number of nitrogens with zero attached hydrogens (tertiary/aromatic N) is 4. The van der Waals surface area contributed by atoms with Crippen molar-refractivity contribution < 1.29 is 0 Å². The molecule has 2 aromatic heterocycles. The minimum Gasteiger partial charge on any atom is -0.191 e. The van der Waals surface area contributed by atoms with Crippen molar-refractivity contribution >= 4 is 45.2 Å². The van der Waals surface area contributed by atoms with Crippen molar-refractivity contribution in [2.75, 3.05) is 0 Å². The molecule has 0 saturated carbocycles. The van der Waals surface area contributed by atoms with Crippen LogP contribution in [0.25, 0.3) is 0 Å². The predicted molar refractivity (Wildman–Crippen MR) is 110 cm³/mol. The number of thiophene rings is 1. The molecule has 0 N–H and O–H groups in total. The van der Waals surface area contributed by atoms with E-state index in [0.29, 0.717) is 0 Å². The summed E-state index contributed by atoms with van der Waals surface area (Å²) in [5.74, 6) is 1.97. The largest absolute Gasteiger partial charge is 0.212 e. The van der Waals surface area contributed by atoms with E-state index in [4.69, 9.17) is 0 Å². The zero-order chi connectivity index (χ0) is 17.8. The van der Waals surface area contributed by atoms with Gasteiger partial charge in [-0.25, -0.2) is 0 Å². The molecule has 0 atom stereocenters. The average Bonchev–Trinajstić information content (AvgIpc) is 3.18. The summed E-state index contributed by atoms with van der Waals surface area (Å²) in [6.45, 7) is 6.31. The topological polar surface area (TPSA) is 43.1 Å². The Morgan fingerprint density at radius 2 is 2.00 bits per heavy atom. The van der Waals surface area contributed by atoms with Gasteiger partial charge < -0.3 is 0 Å². The highest BCUT2D eigenvalue weighted by Crippen LogP contribution is 2.25. The van der Waals surface area contributed by atoms with E-state index < -0.39 is 0 Å². The van der Waals surface area contributed by atoms with Crippen molar-refractivity contribution in [1.82, 2.24) is 14.9 Å². The average molecular weight is 435 g/mol. The molecule has 1 aromatic carbocycles. The first kappa shape index (κ1) is 18.4. The van der Waals surface area contributed by atoms with Crippen molar-refractivity contribution in [3.8, 4) is 0 Å². The van der Waals surface area contributed by atoms with E-state index >= 15 is 0 Å². The van der Waals surface area contributed by atoms with Gasteiger partial charge in [-0.05, 0) is 41.6 Å². The molecule has 0 unspecified atom stereocenters. The smallest absolute Gasteiger partial charge is 0.191 e. The van der Waals surface area contributed by atoms with Gasteiger partial charge in [0.2, 0.25) is 5.16 Å². The lowest BCUT2D eigenvalue weighted by Gasteiger charge is -2.06. The molecule has 4 nitrogen and oxygen atoms in total. The highest BCUT2D eigenvalue weighted by atomic mass is 79.9. The van der Waals surface area contributed by atoms with E-state index in [1.807, 2.05) is 10.9 Å². The molecule has 0 saturated heterocycles. The quantitative estimate of drug-likeness (QED) is 0.368. The van der Waals surface area contributed by atoms with Crippen LogP contribution in [-0.4, -0.2) is 21.1 Å². The number of thioether (sulfide) groups is 1. The second-order valence-corrected chi connectivity index (χ2v) is 8.74. The third kappa shape index (κ3) is 4.59. The first-order valence-corrected chi connectivity index (χ1v) is 10.6. The molecule has 0 aliphatic carbocycles. The Balaban J connectivity index is 1.82. The highest BCUT2D eigenvalue weighted by Gasteiger charge is 2.15. The molecule has 0 spiro atoms. The molecule has 2 heterocycles. The fourth-order valence-corrected chi connectivity index (χ4v) is 4.09. The number of halogens is 1. The molecule has 0 aliphatic heterocycles. The molecule has 130 valence electrons. The van der Waals surface area contributed by atoms with Crippen LogP contribution in [0.2, 0.25) is 0 Å². The van der Waals surface area contributed by atoms with Gasteiger partial charge in [-0.3, -0.25) is 0 Å². The molecular formula is C18H19BrN4S2. The van der Waals surface area contributed by atoms with Gasteiger partial charge in [0.15, 0.2) is 5.82 Å². The minimum absolute atomic E-state index is 0.260. The van der Waals surface area contributed by atoms with E-state index in [1.54, 1.807) is 23.1 Å². The molecule has 7 heteroatoms. The third-order valence-corrected chi connectivity index (χ3v) is 6.10. The summed E-state index contributed by atoms with van der Waals surface area (Å²) in [6, 6.07) is 10.4. The van der Waals surface area contributed by atoms with Crippen molar-refractivity contribution in [2.45, 2.75) is 37.6 Å². The zero-order valence-electron chi connectivity index (χ0n) is 14.3. The predicted octanol–water partition coefficient (Wildman–Crippen LogP) is 5.71. The summed E-state index contributed by atoms with van der Waals surface area (Å²) in [5.41, 5.74) is 2.48. The van der Waals surface area contributed by atoms with Crippen LogP contribution in [0.4, 0.5) is 0 Å². The normalized spacial score (nSPS) is 11.7. The fourth-order valence-electron chi connectivity index (χ4n) is 2.19. The van der Waals surface area contributed by atoms with E-state index in [9.17, 15) is 0 Å². The van der Waals surface area contributed by atoms with Crippen LogP contribution in [0.3, 0.4) is 0 Å².